The maximum absolute atomic E-state index is 11.7. The predicted molar refractivity (Wildman–Crippen MR) is 81.1 cm³/mol. The van der Waals surface area contributed by atoms with Gasteiger partial charge in [-0.05, 0) is 24.3 Å². The highest BCUT2D eigenvalue weighted by atomic mass is 16.3. The van der Waals surface area contributed by atoms with Crippen LogP contribution in [0.1, 0.15) is 44.7 Å². The zero-order valence-corrected chi connectivity index (χ0v) is 12.4. The van der Waals surface area contributed by atoms with Crippen LogP contribution in [-0.2, 0) is 4.79 Å². The molecule has 1 aromatic rings. The summed E-state index contributed by atoms with van der Waals surface area (Å²) in [6, 6.07) is 9.64. The van der Waals surface area contributed by atoms with E-state index >= 15 is 0 Å². The summed E-state index contributed by atoms with van der Waals surface area (Å²) in [4.78, 5) is 11.7. The van der Waals surface area contributed by atoms with E-state index in [4.69, 9.17) is 5.73 Å². The molecule has 0 bridgehead atoms. The molecule has 112 valence electrons. The van der Waals surface area contributed by atoms with Gasteiger partial charge in [0.25, 0.3) is 0 Å². The van der Waals surface area contributed by atoms with Crippen molar-refractivity contribution in [3.8, 4) is 0 Å². The van der Waals surface area contributed by atoms with Crippen LogP contribution in [0.25, 0.3) is 0 Å². The highest BCUT2D eigenvalue weighted by molar-refractivity contribution is 5.75. The number of nitrogens with one attached hydrogen (secondary N) is 1. The first-order valence-electron chi connectivity index (χ1n) is 7.24. The van der Waals surface area contributed by atoms with Crippen molar-refractivity contribution in [2.24, 2.45) is 11.7 Å². The molecule has 0 heterocycles. The molecule has 2 unspecified atom stereocenters. The Morgan fingerprint density at radius 1 is 1.30 bits per heavy atom. The number of aliphatic hydroxyl groups is 1. The number of nitrogens with two attached hydrogens (primary N) is 1. The Hall–Kier alpha value is -1.39. The van der Waals surface area contributed by atoms with Gasteiger partial charge in [0.1, 0.15) is 0 Å². The second kappa shape index (κ2) is 8.72. The van der Waals surface area contributed by atoms with Gasteiger partial charge in [0.2, 0.25) is 5.91 Å². The Labute approximate surface area is 121 Å². The Morgan fingerprint density at radius 3 is 2.55 bits per heavy atom. The highest BCUT2D eigenvalue weighted by Gasteiger charge is 2.11. The second-order valence-electron chi connectivity index (χ2n) is 5.64. The fourth-order valence-corrected chi connectivity index (χ4v) is 2.10. The largest absolute Gasteiger partial charge is 0.391 e. The van der Waals surface area contributed by atoms with E-state index in [-0.39, 0.29) is 11.9 Å². The van der Waals surface area contributed by atoms with Gasteiger partial charge in [0, 0.05) is 19.0 Å². The SMILES string of the molecule is CC(C)CC(O)CNC(=O)CCC(N)c1ccccc1. The summed E-state index contributed by atoms with van der Waals surface area (Å²) in [7, 11) is 0. The van der Waals surface area contributed by atoms with Crippen molar-refractivity contribution in [1.82, 2.24) is 5.32 Å². The van der Waals surface area contributed by atoms with E-state index in [9.17, 15) is 9.90 Å². The standard InChI is InChI=1S/C16H26N2O2/c1-12(2)10-14(19)11-18-16(20)9-8-15(17)13-6-4-3-5-7-13/h3-7,12,14-15,19H,8-11,17H2,1-2H3,(H,18,20). The monoisotopic (exact) mass is 278 g/mol. The molecule has 0 aliphatic rings. The molecule has 0 fully saturated rings. The molecule has 1 rings (SSSR count). The van der Waals surface area contributed by atoms with Crippen LogP contribution < -0.4 is 11.1 Å². The molecular formula is C16H26N2O2. The van der Waals surface area contributed by atoms with Crippen LogP contribution in [0.15, 0.2) is 30.3 Å². The van der Waals surface area contributed by atoms with E-state index < -0.39 is 6.10 Å². The summed E-state index contributed by atoms with van der Waals surface area (Å²) in [6.45, 7) is 4.41. The van der Waals surface area contributed by atoms with Crippen molar-refractivity contribution < 1.29 is 9.90 Å². The van der Waals surface area contributed by atoms with Crippen LogP contribution in [0.2, 0.25) is 0 Å². The summed E-state index contributed by atoms with van der Waals surface area (Å²) < 4.78 is 0. The van der Waals surface area contributed by atoms with Gasteiger partial charge in [-0.25, -0.2) is 0 Å². The molecule has 4 nitrogen and oxygen atoms in total. The van der Waals surface area contributed by atoms with E-state index in [0.29, 0.717) is 31.7 Å². The van der Waals surface area contributed by atoms with E-state index in [0.717, 1.165) is 5.56 Å². The first kappa shape index (κ1) is 16.7. The van der Waals surface area contributed by atoms with E-state index in [2.05, 4.69) is 5.32 Å². The fourth-order valence-electron chi connectivity index (χ4n) is 2.10. The molecule has 4 heteroatoms. The topological polar surface area (TPSA) is 75.3 Å². The van der Waals surface area contributed by atoms with Crippen molar-refractivity contribution in [2.75, 3.05) is 6.54 Å². The second-order valence-corrected chi connectivity index (χ2v) is 5.64. The lowest BCUT2D eigenvalue weighted by molar-refractivity contribution is -0.121. The van der Waals surface area contributed by atoms with Crippen LogP contribution in [0, 0.1) is 5.92 Å². The maximum atomic E-state index is 11.7. The smallest absolute Gasteiger partial charge is 0.220 e. The van der Waals surface area contributed by atoms with Crippen LogP contribution in [0.3, 0.4) is 0 Å². The molecule has 0 aliphatic carbocycles. The Kier molecular flexibility index (Phi) is 7.26. The zero-order valence-electron chi connectivity index (χ0n) is 12.4. The van der Waals surface area contributed by atoms with Crippen molar-refractivity contribution in [1.29, 1.82) is 0 Å². The van der Waals surface area contributed by atoms with Crippen molar-refractivity contribution in [2.45, 2.75) is 45.3 Å². The minimum absolute atomic E-state index is 0.0563. The Morgan fingerprint density at radius 2 is 1.95 bits per heavy atom. The number of amides is 1. The molecule has 0 saturated heterocycles. The molecule has 4 N–H and O–H groups in total. The van der Waals surface area contributed by atoms with Gasteiger partial charge >= 0.3 is 0 Å². The van der Waals surface area contributed by atoms with E-state index in [1.54, 1.807) is 0 Å². The molecule has 20 heavy (non-hydrogen) atoms. The van der Waals surface area contributed by atoms with Gasteiger partial charge in [-0.1, -0.05) is 44.2 Å². The normalized spacial score (nSPS) is 14.1. The Bertz CT molecular complexity index is 393. The minimum atomic E-state index is -0.471. The third kappa shape index (κ3) is 6.68. The summed E-state index contributed by atoms with van der Waals surface area (Å²) in [6.07, 6.45) is 1.21. The lowest BCUT2D eigenvalue weighted by Gasteiger charge is -2.15. The number of hydrogen-bond donors (Lipinski definition) is 3. The molecular weight excluding hydrogens is 252 g/mol. The fraction of sp³-hybridized carbons (Fsp3) is 0.562. The summed E-state index contributed by atoms with van der Waals surface area (Å²) in [5.41, 5.74) is 7.08. The summed E-state index contributed by atoms with van der Waals surface area (Å²) >= 11 is 0. The molecule has 0 saturated carbocycles. The lowest BCUT2D eigenvalue weighted by Crippen LogP contribution is -2.33. The highest BCUT2D eigenvalue weighted by Crippen LogP contribution is 2.14. The van der Waals surface area contributed by atoms with Crippen LogP contribution >= 0.6 is 0 Å². The molecule has 0 aromatic heterocycles. The number of carbonyl (C=O) groups excluding carboxylic acids is 1. The van der Waals surface area contributed by atoms with Crippen LogP contribution in [0.5, 0.6) is 0 Å². The quantitative estimate of drug-likeness (QED) is 0.680. The van der Waals surface area contributed by atoms with Crippen molar-refractivity contribution >= 4 is 5.91 Å². The first-order valence-corrected chi connectivity index (χ1v) is 7.24. The molecule has 1 amide bonds. The molecule has 1 aromatic carbocycles. The summed E-state index contributed by atoms with van der Waals surface area (Å²) in [5, 5.41) is 12.4. The lowest BCUT2D eigenvalue weighted by atomic mass is 10.0. The van der Waals surface area contributed by atoms with Crippen molar-refractivity contribution in [3.05, 3.63) is 35.9 Å². The number of carbonyl (C=O) groups is 1. The molecule has 0 aliphatic heterocycles. The average molecular weight is 278 g/mol. The minimum Gasteiger partial charge on any atom is -0.391 e. The van der Waals surface area contributed by atoms with Crippen molar-refractivity contribution in [3.63, 3.8) is 0 Å². The molecule has 0 spiro atoms. The maximum Gasteiger partial charge on any atom is 0.220 e. The van der Waals surface area contributed by atoms with Gasteiger partial charge in [0.15, 0.2) is 0 Å². The number of hydrogen-bond acceptors (Lipinski definition) is 3. The third-order valence-electron chi connectivity index (χ3n) is 3.19. The third-order valence-corrected chi connectivity index (χ3v) is 3.19. The van der Waals surface area contributed by atoms with Gasteiger partial charge in [0.05, 0.1) is 6.10 Å². The molecule has 0 radical (unpaired) electrons. The van der Waals surface area contributed by atoms with Gasteiger partial charge < -0.3 is 16.2 Å². The first-order chi connectivity index (χ1) is 9.49. The summed E-state index contributed by atoms with van der Waals surface area (Å²) in [5.74, 6) is 0.368. The number of aliphatic hydroxyl groups excluding tert-OH is 1. The predicted octanol–water partition coefficient (Wildman–Crippen LogP) is 1.99. The van der Waals surface area contributed by atoms with Gasteiger partial charge in [-0.15, -0.1) is 0 Å². The van der Waals surface area contributed by atoms with Crippen LogP contribution in [-0.4, -0.2) is 23.7 Å². The zero-order chi connectivity index (χ0) is 15.0. The number of benzene rings is 1. The number of rotatable bonds is 8. The van der Waals surface area contributed by atoms with E-state index in [1.807, 2.05) is 44.2 Å². The van der Waals surface area contributed by atoms with E-state index in [1.165, 1.54) is 0 Å². The van der Waals surface area contributed by atoms with Gasteiger partial charge in [-0.2, -0.15) is 0 Å². The van der Waals surface area contributed by atoms with Gasteiger partial charge in [-0.3, -0.25) is 4.79 Å². The molecule has 2 atom stereocenters. The average Bonchev–Trinajstić information content (AvgIpc) is 2.42. The Balaban J connectivity index is 2.23. The van der Waals surface area contributed by atoms with Crippen LogP contribution in [0.4, 0.5) is 0 Å².